The minimum Gasteiger partial charge on any atom is -0.492 e. The van der Waals surface area contributed by atoms with Crippen LogP contribution in [0, 0.1) is 0 Å². The minimum atomic E-state index is 0.115. The SMILES string of the molecule is CN(CCOc1ccccc1)CC(=O)c1c[nH]c2ccccc12. The van der Waals surface area contributed by atoms with Gasteiger partial charge < -0.3 is 9.72 Å². The summed E-state index contributed by atoms with van der Waals surface area (Å²) in [7, 11) is 1.93. The molecule has 3 rings (SSSR count). The highest BCUT2D eigenvalue weighted by Gasteiger charge is 2.13. The van der Waals surface area contributed by atoms with Crippen molar-refractivity contribution in [2.75, 3.05) is 26.7 Å². The van der Waals surface area contributed by atoms with Gasteiger partial charge in [0.15, 0.2) is 5.78 Å². The molecule has 4 heteroatoms. The molecule has 0 bridgehead atoms. The van der Waals surface area contributed by atoms with Gasteiger partial charge in [-0.15, -0.1) is 0 Å². The lowest BCUT2D eigenvalue weighted by atomic mass is 10.1. The molecule has 0 spiro atoms. The van der Waals surface area contributed by atoms with Crippen molar-refractivity contribution in [1.29, 1.82) is 0 Å². The van der Waals surface area contributed by atoms with E-state index in [4.69, 9.17) is 4.74 Å². The molecule has 0 aliphatic heterocycles. The van der Waals surface area contributed by atoms with Crippen molar-refractivity contribution in [2.24, 2.45) is 0 Å². The Morgan fingerprint density at radius 2 is 1.83 bits per heavy atom. The molecule has 3 aromatic rings. The molecule has 0 aliphatic rings. The van der Waals surface area contributed by atoms with Crippen LogP contribution in [0.25, 0.3) is 10.9 Å². The number of aromatic amines is 1. The van der Waals surface area contributed by atoms with Gasteiger partial charge in [0.1, 0.15) is 12.4 Å². The molecular formula is C19H20N2O2. The molecule has 0 aliphatic carbocycles. The molecule has 23 heavy (non-hydrogen) atoms. The third-order valence-corrected chi connectivity index (χ3v) is 3.79. The number of benzene rings is 2. The van der Waals surface area contributed by atoms with E-state index in [9.17, 15) is 4.79 Å². The number of fused-ring (bicyclic) bond motifs is 1. The van der Waals surface area contributed by atoms with Crippen LogP contribution in [-0.4, -0.2) is 42.4 Å². The molecule has 1 heterocycles. The zero-order chi connectivity index (χ0) is 16.1. The van der Waals surface area contributed by atoms with E-state index in [-0.39, 0.29) is 5.78 Å². The van der Waals surface area contributed by atoms with E-state index in [2.05, 4.69) is 4.98 Å². The number of nitrogens with zero attached hydrogens (tertiary/aromatic N) is 1. The first-order valence-corrected chi connectivity index (χ1v) is 7.70. The Kier molecular flexibility index (Phi) is 4.74. The average Bonchev–Trinajstić information content (AvgIpc) is 3.00. The van der Waals surface area contributed by atoms with Crippen LogP contribution in [0.4, 0.5) is 0 Å². The second-order valence-corrected chi connectivity index (χ2v) is 5.57. The first-order valence-electron chi connectivity index (χ1n) is 7.70. The van der Waals surface area contributed by atoms with E-state index >= 15 is 0 Å². The van der Waals surface area contributed by atoms with Crippen LogP contribution >= 0.6 is 0 Å². The van der Waals surface area contributed by atoms with Crippen LogP contribution in [0.2, 0.25) is 0 Å². The number of carbonyl (C=O) groups is 1. The highest BCUT2D eigenvalue weighted by atomic mass is 16.5. The molecule has 0 unspecified atom stereocenters. The molecule has 0 saturated heterocycles. The van der Waals surface area contributed by atoms with Crippen molar-refractivity contribution < 1.29 is 9.53 Å². The molecule has 4 nitrogen and oxygen atoms in total. The van der Waals surface area contributed by atoms with Gasteiger partial charge in [-0.1, -0.05) is 36.4 Å². The fourth-order valence-corrected chi connectivity index (χ4v) is 2.55. The van der Waals surface area contributed by atoms with Crippen LogP contribution in [0.15, 0.2) is 60.8 Å². The van der Waals surface area contributed by atoms with Gasteiger partial charge in [-0.3, -0.25) is 9.69 Å². The summed E-state index contributed by atoms with van der Waals surface area (Å²) < 4.78 is 5.66. The Labute approximate surface area is 135 Å². The molecule has 2 aromatic carbocycles. The fraction of sp³-hybridized carbons (Fsp3) is 0.211. The largest absolute Gasteiger partial charge is 0.492 e. The lowest BCUT2D eigenvalue weighted by molar-refractivity contribution is 0.0940. The molecule has 0 amide bonds. The summed E-state index contributed by atoms with van der Waals surface area (Å²) in [5.74, 6) is 0.966. The summed E-state index contributed by atoms with van der Waals surface area (Å²) >= 11 is 0. The average molecular weight is 308 g/mol. The third-order valence-electron chi connectivity index (χ3n) is 3.79. The number of hydrogen-bond donors (Lipinski definition) is 1. The number of para-hydroxylation sites is 2. The zero-order valence-electron chi connectivity index (χ0n) is 13.2. The molecule has 1 aromatic heterocycles. The van der Waals surface area contributed by atoms with E-state index < -0.39 is 0 Å². The Morgan fingerprint density at radius 3 is 2.65 bits per heavy atom. The number of Topliss-reactive ketones (excluding diaryl/α,β-unsaturated/α-hetero) is 1. The zero-order valence-corrected chi connectivity index (χ0v) is 13.2. The van der Waals surface area contributed by atoms with Gasteiger partial charge >= 0.3 is 0 Å². The van der Waals surface area contributed by atoms with Gasteiger partial charge in [-0.25, -0.2) is 0 Å². The van der Waals surface area contributed by atoms with Crippen molar-refractivity contribution >= 4 is 16.7 Å². The predicted molar refractivity (Wildman–Crippen MR) is 92.1 cm³/mol. The van der Waals surface area contributed by atoms with Crippen LogP contribution in [0.5, 0.6) is 5.75 Å². The van der Waals surface area contributed by atoms with Crippen molar-refractivity contribution in [3.8, 4) is 5.75 Å². The number of hydrogen-bond acceptors (Lipinski definition) is 3. The summed E-state index contributed by atoms with van der Waals surface area (Å²) in [6.07, 6.45) is 1.79. The normalized spacial score (nSPS) is 11.0. The highest BCUT2D eigenvalue weighted by molar-refractivity contribution is 6.08. The number of ketones is 1. The summed E-state index contributed by atoms with van der Waals surface area (Å²) in [5, 5.41) is 0.978. The standard InChI is InChI=1S/C19H20N2O2/c1-21(11-12-23-15-7-3-2-4-8-15)14-19(22)17-13-20-18-10-6-5-9-16(17)18/h2-10,13,20H,11-12,14H2,1H3. The number of nitrogens with one attached hydrogen (secondary N) is 1. The molecule has 0 radical (unpaired) electrons. The first-order chi connectivity index (χ1) is 11.2. The second kappa shape index (κ2) is 7.11. The van der Waals surface area contributed by atoms with Crippen LogP contribution in [-0.2, 0) is 0 Å². The maximum Gasteiger partial charge on any atom is 0.178 e. The van der Waals surface area contributed by atoms with Gasteiger partial charge in [-0.05, 0) is 25.2 Å². The Bertz CT molecular complexity index is 780. The Balaban J connectivity index is 1.53. The topological polar surface area (TPSA) is 45.3 Å². The molecular weight excluding hydrogens is 288 g/mol. The Morgan fingerprint density at radius 1 is 1.09 bits per heavy atom. The van der Waals surface area contributed by atoms with Crippen LogP contribution < -0.4 is 4.74 Å². The lowest BCUT2D eigenvalue weighted by Gasteiger charge is -2.16. The number of rotatable bonds is 7. The van der Waals surface area contributed by atoms with Gasteiger partial charge in [-0.2, -0.15) is 0 Å². The highest BCUT2D eigenvalue weighted by Crippen LogP contribution is 2.18. The molecule has 0 fully saturated rings. The number of H-pyrrole nitrogens is 1. The lowest BCUT2D eigenvalue weighted by Crippen LogP contribution is -2.29. The van der Waals surface area contributed by atoms with E-state index in [0.29, 0.717) is 19.7 Å². The Hall–Kier alpha value is -2.59. The van der Waals surface area contributed by atoms with Crippen molar-refractivity contribution in [1.82, 2.24) is 9.88 Å². The fourth-order valence-electron chi connectivity index (χ4n) is 2.55. The summed E-state index contributed by atoms with van der Waals surface area (Å²) in [6, 6.07) is 17.6. The minimum absolute atomic E-state index is 0.115. The molecule has 118 valence electrons. The van der Waals surface area contributed by atoms with E-state index in [1.54, 1.807) is 6.20 Å². The van der Waals surface area contributed by atoms with E-state index in [1.165, 1.54) is 0 Å². The monoisotopic (exact) mass is 308 g/mol. The van der Waals surface area contributed by atoms with Gasteiger partial charge in [0.05, 0.1) is 6.54 Å². The van der Waals surface area contributed by atoms with Crippen molar-refractivity contribution in [2.45, 2.75) is 0 Å². The maximum absolute atomic E-state index is 12.5. The van der Waals surface area contributed by atoms with Crippen LogP contribution in [0.1, 0.15) is 10.4 Å². The quantitative estimate of drug-likeness (QED) is 0.681. The van der Waals surface area contributed by atoms with Gasteiger partial charge in [0, 0.05) is 29.2 Å². The van der Waals surface area contributed by atoms with E-state index in [1.807, 2.05) is 66.5 Å². The van der Waals surface area contributed by atoms with Crippen molar-refractivity contribution in [3.05, 3.63) is 66.4 Å². The predicted octanol–water partition coefficient (Wildman–Crippen LogP) is 3.36. The summed E-state index contributed by atoms with van der Waals surface area (Å²) in [4.78, 5) is 17.6. The van der Waals surface area contributed by atoms with Crippen LogP contribution in [0.3, 0.4) is 0 Å². The van der Waals surface area contributed by atoms with Crippen molar-refractivity contribution in [3.63, 3.8) is 0 Å². The number of likely N-dealkylation sites (N-methyl/N-ethyl adjacent to an activating group) is 1. The molecule has 0 saturated carbocycles. The second-order valence-electron chi connectivity index (χ2n) is 5.57. The third kappa shape index (κ3) is 3.79. The number of aromatic nitrogens is 1. The summed E-state index contributed by atoms with van der Waals surface area (Å²) in [5.41, 5.74) is 1.74. The molecule has 0 atom stereocenters. The smallest absolute Gasteiger partial charge is 0.178 e. The van der Waals surface area contributed by atoms with E-state index in [0.717, 1.165) is 22.2 Å². The maximum atomic E-state index is 12.5. The van der Waals surface area contributed by atoms with Gasteiger partial charge in [0.2, 0.25) is 0 Å². The first kappa shape index (κ1) is 15.3. The molecule has 1 N–H and O–H groups in total. The number of carbonyl (C=O) groups excluding carboxylic acids is 1. The summed E-state index contributed by atoms with van der Waals surface area (Å²) in [6.45, 7) is 1.63. The number of ether oxygens (including phenoxy) is 1. The van der Waals surface area contributed by atoms with Gasteiger partial charge in [0.25, 0.3) is 0 Å².